The van der Waals surface area contributed by atoms with Crippen molar-refractivity contribution < 1.29 is 4.21 Å². The zero-order valence-corrected chi connectivity index (χ0v) is 10.6. The first-order valence-electron chi connectivity index (χ1n) is 5.56. The minimum atomic E-state index is -1.21. The summed E-state index contributed by atoms with van der Waals surface area (Å²) in [6.45, 7) is 0. The molecule has 3 nitrogen and oxygen atoms in total. The second-order valence-electron chi connectivity index (χ2n) is 4.08. The summed E-state index contributed by atoms with van der Waals surface area (Å²) in [4.78, 5) is 12.4. The second-order valence-corrected chi connectivity index (χ2v) is 5.29. The van der Waals surface area contributed by atoms with E-state index in [1.807, 2.05) is 36.4 Å². The summed E-state index contributed by atoms with van der Waals surface area (Å²) in [7, 11) is -1.21. The van der Waals surface area contributed by atoms with E-state index in [1.54, 1.807) is 22.4 Å². The number of fused-ring (bicyclic) bond motifs is 2. The third-order valence-corrected chi connectivity index (χ3v) is 3.90. The van der Waals surface area contributed by atoms with Crippen molar-refractivity contribution in [1.82, 2.24) is 3.97 Å². The van der Waals surface area contributed by atoms with Gasteiger partial charge in [-0.1, -0.05) is 24.3 Å². The van der Waals surface area contributed by atoms with Crippen molar-refractivity contribution in [1.29, 1.82) is 0 Å². The first-order valence-corrected chi connectivity index (χ1v) is 7.08. The van der Waals surface area contributed by atoms with Crippen LogP contribution in [0.1, 0.15) is 0 Å². The zero-order chi connectivity index (χ0) is 12.7. The lowest BCUT2D eigenvalue weighted by molar-refractivity contribution is 0.683. The van der Waals surface area contributed by atoms with E-state index in [0.717, 1.165) is 0 Å². The van der Waals surface area contributed by atoms with Gasteiger partial charge in [-0.05, 0) is 24.3 Å². The Balaban J connectivity index is 2.72. The normalized spacial score (nSPS) is 12.9. The molecule has 0 fully saturated rings. The predicted molar refractivity (Wildman–Crippen MR) is 75.2 cm³/mol. The number of rotatable bonds is 1. The molecule has 3 rings (SSSR count). The van der Waals surface area contributed by atoms with E-state index in [4.69, 9.17) is 0 Å². The maximum absolute atomic E-state index is 12.4. The molecule has 1 aromatic heterocycles. The molecule has 0 aliphatic heterocycles. The molecule has 0 radical (unpaired) electrons. The Kier molecular flexibility index (Phi) is 2.52. The lowest BCUT2D eigenvalue weighted by Gasteiger charge is -2.11. The van der Waals surface area contributed by atoms with E-state index in [-0.39, 0.29) is 5.43 Å². The Hall–Kier alpha value is -1.94. The summed E-state index contributed by atoms with van der Waals surface area (Å²) in [6, 6.07) is 14.5. The quantitative estimate of drug-likeness (QED) is 0.627. The molecule has 3 aromatic rings. The van der Waals surface area contributed by atoms with Gasteiger partial charge in [0.2, 0.25) is 0 Å². The Morgan fingerprint density at radius 1 is 0.889 bits per heavy atom. The number of pyridine rings is 1. The van der Waals surface area contributed by atoms with Gasteiger partial charge in [-0.3, -0.25) is 8.77 Å². The third kappa shape index (κ3) is 1.49. The van der Waals surface area contributed by atoms with Crippen LogP contribution in [0.3, 0.4) is 0 Å². The van der Waals surface area contributed by atoms with Crippen molar-refractivity contribution in [3.8, 4) is 0 Å². The number of hydrogen-bond acceptors (Lipinski definition) is 2. The van der Waals surface area contributed by atoms with E-state index in [9.17, 15) is 9.00 Å². The fraction of sp³-hybridized carbons (Fsp3) is 0.0714. The fourth-order valence-electron chi connectivity index (χ4n) is 2.24. The summed E-state index contributed by atoms with van der Waals surface area (Å²) >= 11 is 0. The van der Waals surface area contributed by atoms with Gasteiger partial charge in [0.05, 0.1) is 11.0 Å². The molecule has 0 spiro atoms. The average molecular weight is 257 g/mol. The van der Waals surface area contributed by atoms with E-state index in [1.165, 1.54) is 0 Å². The van der Waals surface area contributed by atoms with Crippen LogP contribution >= 0.6 is 0 Å². The molecular weight excluding hydrogens is 246 g/mol. The lowest BCUT2D eigenvalue weighted by atomic mass is 10.1. The number of benzene rings is 2. The first-order chi connectivity index (χ1) is 8.70. The van der Waals surface area contributed by atoms with Crippen LogP contribution in [-0.2, 0) is 11.0 Å². The van der Waals surface area contributed by atoms with Gasteiger partial charge in [0.1, 0.15) is 11.0 Å². The molecule has 0 N–H and O–H groups in total. The SMILES string of the molecule is CS(=O)n1c2ccccc2c(=O)c2ccccc21. The molecule has 1 unspecified atom stereocenters. The molecule has 1 heterocycles. The van der Waals surface area contributed by atoms with Crippen LogP contribution in [0.25, 0.3) is 21.8 Å². The second kappa shape index (κ2) is 4.07. The zero-order valence-electron chi connectivity index (χ0n) is 9.79. The molecule has 0 aliphatic carbocycles. The summed E-state index contributed by atoms with van der Waals surface area (Å²) in [5.74, 6) is 0. The molecule has 18 heavy (non-hydrogen) atoms. The number of para-hydroxylation sites is 2. The van der Waals surface area contributed by atoms with Crippen molar-refractivity contribution in [3.05, 3.63) is 58.8 Å². The standard InChI is InChI=1S/C14H11NO2S/c1-18(17)15-12-8-4-2-6-10(12)14(16)11-7-3-5-9-13(11)15/h2-9H,1H3. The van der Waals surface area contributed by atoms with Crippen molar-refractivity contribution in [2.45, 2.75) is 0 Å². The fourth-order valence-corrected chi connectivity index (χ4v) is 3.11. The van der Waals surface area contributed by atoms with Gasteiger partial charge in [-0.2, -0.15) is 0 Å². The largest absolute Gasteiger partial charge is 0.288 e. The van der Waals surface area contributed by atoms with E-state index >= 15 is 0 Å². The number of hydrogen-bond donors (Lipinski definition) is 0. The third-order valence-electron chi connectivity index (χ3n) is 2.99. The molecule has 0 saturated carbocycles. The van der Waals surface area contributed by atoms with Crippen LogP contribution in [0.2, 0.25) is 0 Å². The van der Waals surface area contributed by atoms with Gasteiger partial charge in [-0.15, -0.1) is 0 Å². The smallest absolute Gasteiger partial charge is 0.197 e. The van der Waals surface area contributed by atoms with Gasteiger partial charge in [0, 0.05) is 17.0 Å². The van der Waals surface area contributed by atoms with E-state index in [0.29, 0.717) is 21.8 Å². The van der Waals surface area contributed by atoms with Gasteiger partial charge in [0.15, 0.2) is 5.43 Å². The van der Waals surface area contributed by atoms with Crippen molar-refractivity contribution >= 4 is 32.8 Å². The van der Waals surface area contributed by atoms with Crippen LogP contribution in [-0.4, -0.2) is 14.4 Å². The predicted octanol–water partition coefficient (Wildman–Crippen LogP) is 2.30. The van der Waals surface area contributed by atoms with Crippen LogP contribution in [0, 0.1) is 0 Å². The molecular formula is C14H11NO2S. The minimum Gasteiger partial charge on any atom is -0.288 e. The van der Waals surface area contributed by atoms with Gasteiger partial charge in [-0.25, -0.2) is 4.21 Å². The van der Waals surface area contributed by atoms with Crippen molar-refractivity contribution in [2.24, 2.45) is 0 Å². The molecule has 90 valence electrons. The van der Waals surface area contributed by atoms with Gasteiger partial charge < -0.3 is 0 Å². The summed E-state index contributed by atoms with van der Waals surface area (Å²) in [5, 5.41) is 1.21. The molecule has 0 bridgehead atoms. The van der Waals surface area contributed by atoms with Crippen LogP contribution in [0.4, 0.5) is 0 Å². The molecule has 4 heteroatoms. The van der Waals surface area contributed by atoms with E-state index in [2.05, 4.69) is 0 Å². The van der Waals surface area contributed by atoms with Gasteiger partial charge in [0.25, 0.3) is 0 Å². The molecule has 0 aliphatic rings. The summed E-state index contributed by atoms with van der Waals surface area (Å²) in [5.41, 5.74) is 1.41. The minimum absolute atomic E-state index is 0.0112. The number of aromatic nitrogens is 1. The highest BCUT2D eigenvalue weighted by Gasteiger charge is 2.11. The van der Waals surface area contributed by atoms with Gasteiger partial charge >= 0.3 is 0 Å². The Bertz CT molecular complexity index is 776. The molecule has 0 saturated heterocycles. The Morgan fingerprint density at radius 2 is 1.33 bits per heavy atom. The maximum atomic E-state index is 12.4. The highest BCUT2D eigenvalue weighted by Crippen LogP contribution is 2.19. The monoisotopic (exact) mass is 257 g/mol. The van der Waals surface area contributed by atoms with Crippen LogP contribution in [0.5, 0.6) is 0 Å². The summed E-state index contributed by atoms with van der Waals surface area (Å²) < 4.78 is 13.7. The molecule has 0 amide bonds. The Morgan fingerprint density at radius 3 is 1.78 bits per heavy atom. The highest BCUT2D eigenvalue weighted by molar-refractivity contribution is 7.83. The Labute approximate surface area is 106 Å². The van der Waals surface area contributed by atoms with Crippen molar-refractivity contribution in [2.75, 3.05) is 6.26 Å². The van der Waals surface area contributed by atoms with E-state index < -0.39 is 11.0 Å². The topological polar surface area (TPSA) is 39.1 Å². The molecule has 2 aromatic carbocycles. The molecule has 1 atom stereocenters. The highest BCUT2D eigenvalue weighted by atomic mass is 32.2. The van der Waals surface area contributed by atoms with Crippen LogP contribution < -0.4 is 5.43 Å². The average Bonchev–Trinajstić information content (AvgIpc) is 2.39. The first kappa shape index (κ1) is 11.2. The lowest BCUT2D eigenvalue weighted by Crippen LogP contribution is -2.13. The van der Waals surface area contributed by atoms with Crippen molar-refractivity contribution in [3.63, 3.8) is 0 Å². The van der Waals surface area contributed by atoms with Crippen LogP contribution in [0.15, 0.2) is 53.3 Å². The number of nitrogens with zero attached hydrogens (tertiary/aromatic N) is 1. The maximum Gasteiger partial charge on any atom is 0.197 e. The summed E-state index contributed by atoms with van der Waals surface area (Å²) in [6.07, 6.45) is 1.61.